The van der Waals surface area contributed by atoms with E-state index in [1.165, 1.54) is 12.1 Å². The van der Waals surface area contributed by atoms with Crippen molar-refractivity contribution < 1.29 is 14.3 Å². The Hall–Kier alpha value is -3.13. The van der Waals surface area contributed by atoms with Gasteiger partial charge in [-0.3, -0.25) is 4.79 Å². The quantitative estimate of drug-likeness (QED) is 0.470. The zero-order valence-corrected chi connectivity index (χ0v) is 15.2. The predicted molar refractivity (Wildman–Crippen MR) is 100 cm³/mol. The van der Waals surface area contributed by atoms with Gasteiger partial charge in [-0.05, 0) is 35.6 Å². The van der Waals surface area contributed by atoms with E-state index in [0.717, 1.165) is 11.1 Å². The first-order valence-corrected chi connectivity index (χ1v) is 8.15. The molecule has 0 aliphatic carbocycles. The molecule has 134 valence electrons. The molecule has 0 saturated carbocycles. The lowest BCUT2D eigenvalue weighted by Crippen LogP contribution is -2.16. The van der Waals surface area contributed by atoms with Gasteiger partial charge in [-0.25, -0.2) is 4.39 Å². The van der Waals surface area contributed by atoms with E-state index in [2.05, 4.69) is 26.1 Å². The van der Waals surface area contributed by atoms with Crippen LogP contribution in [0.1, 0.15) is 37.5 Å². The van der Waals surface area contributed by atoms with Crippen molar-refractivity contribution in [2.75, 3.05) is 5.32 Å². The molecule has 0 bridgehead atoms. The minimum Gasteiger partial charge on any atom is -0.506 e. The second-order valence-electron chi connectivity index (χ2n) is 7.10. The Labute approximate surface area is 152 Å². The first kappa shape index (κ1) is 19.2. The predicted octanol–water partition coefficient (Wildman–Crippen LogP) is 4.86. The summed E-state index contributed by atoms with van der Waals surface area (Å²) in [6.45, 7) is 7.93. The van der Waals surface area contributed by atoms with E-state index >= 15 is 0 Å². The molecule has 2 aromatic rings. The molecule has 0 heterocycles. The summed E-state index contributed by atoms with van der Waals surface area (Å²) >= 11 is 0. The summed E-state index contributed by atoms with van der Waals surface area (Å²) in [4.78, 5) is 12.3. The van der Waals surface area contributed by atoms with Gasteiger partial charge >= 0.3 is 0 Å². The molecule has 2 rings (SSSR count). The first-order chi connectivity index (χ1) is 12.1. The number of nitrogens with zero attached hydrogens (tertiary/aromatic N) is 1. The van der Waals surface area contributed by atoms with Crippen LogP contribution in [0.2, 0.25) is 0 Å². The van der Waals surface area contributed by atoms with E-state index in [4.69, 9.17) is 0 Å². The summed E-state index contributed by atoms with van der Waals surface area (Å²) in [5, 5.41) is 22.0. The number of halogens is 1. The van der Waals surface area contributed by atoms with Crippen molar-refractivity contribution in [2.24, 2.45) is 0 Å². The van der Waals surface area contributed by atoms with Crippen molar-refractivity contribution in [1.29, 1.82) is 5.26 Å². The monoisotopic (exact) mass is 352 g/mol. The van der Waals surface area contributed by atoms with E-state index in [1.807, 2.05) is 12.1 Å². The number of carbonyl (C=O) groups excluding carboxylic acids is 1. The largest absolute Gasteiger partial charge is 0.506 e. The average molecular weight is 352 g/mol. The Bertz CT molecular complexity index is 901. The van der Waals surface area contributed by atoms with Crippen molar-refractivity contribution in [3.63, 3.8) is 0 Å². The van der Waals surface area contributed by atoms with Crippen LogP contribution in [-0.2, 0) is 10.2 Å². The van der Waals surface area contributed by atoms with Gasteiger partial charge < -0.3 is 10.4 Å². The number of aliphatic hydroxyl groups excluding tert-OH is 1. The molecule has 0 aliphatic heterocycles. The lowest BCUT2D eigenvalue weighted by molar-refractivity contribution is -0.112. The minimum atomic E-state index is -0.866. The highest BCUT2D eigenvalue weighted by molar-refractivity contribution is 6.11. The molecule has 0 spiro atoms. The fourth-order valence-electron chi connectivity index (χ4n) is 2.40. The highest BCUT2D eigenvalue weighted by atomic mass is 19.1. The number of anilines is 1. The molecule has 0 fully saturated rings. The standard InChI is InChI=1S/C21H21FN2O2/c1-13-5-10-17(22)18(11-13)24-20(26)16(12-23)19(25)14-6-8-15(9-7-14)21(2,3)4/h5-11,25H,1-4H3,(H,24,26)/b19-16-. The van der Waals surface area contributed by atoms with Crippen LogP contribution in [0.4, 0.5) is 10.1 Å². The normalized spacial score (nSPS) is 12.2. The third kappa shape index (κ3) is 4.28. The Morgan fingerprint density at radius 1 is 1.15 bits per heavy atom. The number of nitriles is 1. The second kappa shape index (κ2) is 7.40. The molecule has 1 amide bonds. The van der Waals surface area contributed by atoms with Gasteiger partial charge in [0.15, 0.2) is 5.57 Å². The van der Waals surface area contributed by atoms with Crippen LogP contribution in [0.3, 0.4) is 0 Å². The van der Waals surface area contributed by atoms with Crippen LogP contribution in [-0.4, -0.2) is 11.0 Å². The highest BCUT2D eigenvalue weighted by Crippen LogP contribution is 2.25. The molecule has 4 nitrogen and oxygen atoms in total. The summed E-state index contributed by atoms with van der Waals surface area (Å²) in [7, 11) is 0. The van der Waals surface area contributed by atoms with Gasteiger partial charge in [0, 0.05) is 5.56 Å². The average Bonchev–Trinajstić information content (AvgIpc) is 2.58. The van der Waals surface area contributed by atoms with Gasteiger partial charge in [0.2, 0.25) is 0 Å². The van der Waals surface area contributed by atoms with E-state index in [0.29, 0.717) is 5.56 Å². The van der Waals surface area contributed by atoms with Crippen molar-refractivity contribution >= 4 is 17.4 Å². The van der Waals surface area contributed by atoms with E-state index in [1.54, 1.807) is 31.2 Å². The van der Waals surface area contributed by atoms with Crippen molar-refractivity contribution in [3.05, 3.63) is 70.5 Å². The lowest BCUT2D eigenvalue weighted by atomic mass is 9.86. The van der Waals surface area contributed by atoms with Crippen LogP contribution in [0.5, 0.6) is 0 Å². The maximum Gasteiger partial charge on any atom is 0.270 e. The number of rotatable bonds is 3. The van der Waals surface area contributed by atoms with E-state index < -0.39 is 23.1 Å². The molecule has 0 radical (unpaired) electrons. The maximum absolute atomic E-state index is 13.8. The van der Waals surface area contributed by atoms with Crippen LogP contribution >= 0.6 is 0 Å². The summed E-state index contributed by atoms with van der Waals surface area (Å²) in [6.07, 6.45) is 0. The van der Waals surface area contributed by atoms with Gasteiger partial charge in [0.1, 0.15) is 17.6 Å². The molecule has 5 heteroatoms. The summed E-state index contributed by atoms with van der Waals surface area (Å²) in [5.74, 6) is -1.93. The number of nitrogens with one attached hydrogen (secondary N) is 1. The van der Waals surface area contributed by atoms with E-state index in [9.17, 15) is 19.6 Å². The van der Waals surface area contributed by atoms with E-state index in [-0.39, 0.29) is 11.1 Å². The zero-order chi connectivity index (χ0) is 19.5. The third-order valence-corrected chi connectivity index (χ3v) is 3.97. The molecule has 2 aromatic carbocycles. The Morgan fingerprint density at radius 3 is 2.31 bits per heavy atom. The van der Waals surface area contributed by atoms with Gasteiger partial charge in [0.05, 0.1) is 5.69 Å². The first-order valence-electron chi connectivity index (χ1n) is 8.15. The highest BCUT2D eigenvalue weighted by Gasteiger charge is 2.19. The molecule has 0 saturated heterocycles. The lowest BCUT2D eigenvalue weighted by Gasteiger charge is -2.19. The second-order valence-corrected chi connectivity index (χ2v) is 7.10. The molecule has 26 heavy (non-hydrogen) atoms. The number of aryl methyl sites for hydroxylation is 1. The van der Waals surface area contributed by atoms with Crippen molar-refractivity contribution in [1.82, 2.24) is 0 Å². The van der Waals surface area contributed by atoms with Crippen LogP contribution in [0.15, 0.2) is 48.0 Å². The van der Waals surface area contributed by atoms with Crippen LogP contribution < -0.4 is 5.32 Å². The SMILES string of the molecule is Cc1ccc(F)c(NC(=O)/C(C#N)=C(\O)c2ccc(C(C)(C)C)cc2)c1. The Kier molecular flexibility index (Phi) is 5.47. The number of hydrogen-bond donors (Lipinski definition) is 2. The van der Waals surface area contributed by atoms with Gasteiger partial charge in [0.25, 0.3) is 5.91 Å². The minimum absolute atomic E-state index is 0.0429. The smallest absolute Gasteiger partial charge is 0.270 e. The molecule has 0 aromatic heterocycles. The number of carbonyl (C=O) groups is 1. The van der Waals surface area contributed by atoms with Gasteiger partial charge in [-0.15, -0.1) is 0 Å². The number of benzene rings is 2. The number of amides is 1. The summed E-state index contributed by atoms with van der Waals surface area (Å²) < 4.78 is 13.8. The molecular formula is C21H21FN2O2. The Balaban J connectivity index is 2.34. The fourth-order valence-corrected chi connectivity index (χ4v) is 2.40. The maximum atomic E-state index is 13.8. The number of hydrogen-bond acceptors (Lipinski definition) is 3. The zero-order valence-electron chi connectivity index (χ0n) is 15.2. The van der Waals surface area contributed by atoms with Crippen LogP contribution in [0, 0.1) is 24.1 Å². The van der Waals surface area contributed by atoms with Gasteiger partial charge in [-0.1, -0.05) is 51.1 Å². The number of aliphatic hydroxyl groups is 1. The molecule has 2 N–H and O–H groups in total. The molecule has 0 unspecified atom stereocenters. The summed E-state index contributed by atoms with van der Waals surface area (Å²) in [5.41, 5.74) is 1.57. The van der Waals surface area contributed by atoms with Crippen LogP contribution in [0.25, 0.3) is 5.76 Å². The van der Waals surface area contributed by atoms with Crippen molar-refractivity contribution in [2.45, 2.75) is 33.1 Å². The Morgan fingerprint density at radius 2 is 1.77 bits per heavy atom. The summed E-state index contributed by atoms with van der Waals surface area (Å²) in [6, 6.07) is 12.9. The molecule has 0 atom stereocenters. The third-order valence-electron chi connectivity index (χ3n) is 3.97. The molecular weight excluding hydrogens is 331 g/mol. The van der Waals surface area contributed by atoms with Crippen molar-refractivity contribution in [3.8, 4) is 6.07 Å². The van der Waals surface area contributed by atoms with Gasteiger partial charge in [-0.2, -0.15) is 5.26 Å². The molecule has 0 aliphatic rings. The fraction of sp³-hybridized carbons (Fsp3) is 0.238. The topological polar surface area (TPSA) is 73.1 Å².